The van der Waals surface area contributed by atoms with Crippen LogP contribution in [0.2, 0.25) is 0 Å². The second-order valence-electron chi connectivity index (χ2n) is 5.79. The minimum absolute atomic E-state index is 0.00154. The minimum atomic E-state index is -0.554. The summed E-state index contributed by atoms with van der Waals surface area (Å²) >= 11 is 1.22. The predicted octanol–water partition coefficient (Wildman–Crippen LogP) is 2.95. The van der Waals surface area contributed by atoms with E-state index in [0.29, 0.717) is 17.4 Å². The van der Waals surface area contributed by atoms with E-state index < -0.39 is 5.25 Å². The van der Waals surface area contributed by atoms with Crippen molar-refractivity contribution >= 4 is 34.4 Å². The third-order valence-electron chi connectivity index (χ3n) is 3.86. The molecule has 0 spiro atoms. The van der Waals surface area contributed by atoms with E-state index in [1.165, 1.54) is 36.0 Å². The predicted molar refractivity (Wildman–Crippen MR) is 103 cm³/mol. The molecule has 0 unspecified atom stereocenters. The lowest BCUT2D eigenvalue weighted by molar-refractivity contribution is -0.122. The number of nitrogens with zero attached hydrogens (tertiary/aromatic N) is 1. The lowest BCUT2D eigenvalue weighted by Crippen LogP contribution is -2.28. The van der Waals surface area contributed by atoms with E-state index in [9.17, 15) is 14.0 Å². The molecule has 1 fully saturated rings. The number of thioether (sulfide) groups is 1. The molecule has 0 saturated carbocycles. The third-order valence-corrected chi connectivity index (χ3v) is 4.98. The molecule has 0 radical (unpaired) electrons. The average molecular weight is 387 g/mol. The normalized spacial score (nSPS) is 17.6. The van der Waals surface area contributed by atoms with E-state index in [0.717, 1.165) is 11.3 Å². The molecular formula is C19H18FN3O3S. The van der Waals surface area contributed by atoms with Crippen LogP contribution in [0.25, 0.3) is 0 Å². The molecule has 2 aromatic carbocycles. The highest BCUT2D eigenvalue weighted by molar-refractivity contribution is 8.15. The molecule has 2 N–H and O–H groups in total. The number of hydrogen-bond acceptors (Lipinski definition) is 5. The molecule has 6 nitrogen and oxygen atoms in total. The van der Waals surface area contributed by atoms with Gasteiger partial charge in [0.2, 0.25) is 11.8 Å². The number of rotatable bonds is 6. The number of ether oxygens (including phenoxy) is 1. The van der Waals surface area contributed by atoms with Gasteiger partial charge in [-0.25, -0.2) is 4.39 Å². The Hall–Kier alpha value is -2.87. The van der Waals surface area contributed by atoms with Crippen molar-refractivity contribution in [2.45, 2.75) is 18.2 Å². The van der Waals surface area contributed by atoms with Crippen LogP contribution in [0.15, 0.2) is 53.5 Å². The molecule has 1 saturated heterocycles. The van der Waals surface area contributed by atoms with Gasteiger partial charge in [0.1, 0.15) is 16.8 Å². The first-order valence-corrected chi connectivity index (χ1v) is 9.12. The molecule has 27 heavy (non-hydrogen) atoms. The molecule has 140 valence electrons. The maximum atomic E-state index is 12.9. The van der Waals surface area contributed by atoms with Crippen LogP contribution >= 0.6 is 11.8 Å². The molecule has 1 atom stereocenters. The number of benzene rings is 2. The number of anilines is 1. The van der Waals surface area contributed by atoms with Crippen molar-refractivity contribution in [1.82, 2.24) is 5.32 Å². The number of nitrogens with one attached hydrogen (secondary N) is 2. The standard InChI is InChI=1S/C19H18FN3O3S/c1-26-15-5-3-2-4-12(15)11-21-19-23-18(25)16(27-19)10-17(24)22-14-8-6-13(20)7-9-14/h2-9,16H,10-11H2,1H3,(H,22,24)(H,21,23,25)/t16-/m0/s1. The molecular weight excluding hydrogens is 369 g/mol. The summed E-state index contributed by atoms with van der Waals surface area (Å²) in [6.07, 6.45) is 0.00154. The molecule has 0 aliphatic carbocycles. The number of para-hydroxylation sites is 1. The fourth-order valence-electron chi connectivity index (χ4n) is 2.52. The number of amides is 2. The van der Waals surface area contributed by atoms with Crippen LogP contribution in [0.4, 0.5) is 10.1 Å². The quantitative estimate of drug-likeness (QED) is 0.799. The molecule has 1 aliphatic rings. The van der Waals surface area contributed by atoms with E-state index in [4.69, 9.17) is 4.74 Å². The second kappa shape index (κ2) is 8.68. The van der Waals surface area contributed by atoms with Gasteiger partial charge < -0.3 is 15.4 Å². The van der Waals surface area contributed by atoms with Crippen molar-refractivity contribution < 1.29 is 18.7 Å². The summed E-state index contributed by atoms with van der Waals surface area (Å²) in [6, 6.07) is 13.0. The number of amidine groups is 1. The minimum Gasteiger partial charge on any atom is -0.496 e. The zero-order valence-electron chi connectivity index (χ0n) is 14.6. The van der Waals surface area contributed by atoms with Gasteiger partial charge in [-0.05, 0) is 30.3 Å². The molecule has 0 bridgehead atoms. The van der Waals surface area contributed by atoms with Crippen molar-refractivity contribution in [3.05, 3.63) is 59.9 Å². The summed E-state index contributed by atoms with van der Waals surface area (Å²) < 4.78 is 18.2. The van der Waals surface area contributed by atoms with Crippen molar-refractivity contribution in [3.63, 3.8) is 0 Å². The number of methoxy groups -OCH3 is 1. The van der Waals surface area contributed by atoms with E-state index >= 15 is 0 Å². The Morgan fingerprint density at radius 3 is 2.74 bits per heavy atom. The molecule has 3 rings (SSSR count). The Balaban J connectivity index is 1.56. The highest BCUT2D eigenvalue weighted by Gasteiger charge is 2.32. The fraction of sp³-hybridized carbons (Fsp3) is 0.211. The van der Waals surface area contributed by atoms with Crippen molar-refractivity contribution in [3.8, 4) is 5.75 Å². The van der Waals surface area contributed by atoms with Crippen molar-refractivity contribution in [1.29, 1.82) is 0 Å². The summed E-state index contributed by atoms with van der Waals surface area (Å²) in [5, 5.41) is 5.26. The number of hydrogen-bond donors (Lipinski definition) is 2. The van der Waals surface area contributed by atoms with E-state index in [2.05, 4.69) is 15.6 Å². The van der Waals surface area contributed by atoms with Crippen LogP contribution < -0.4 is 15.4 Å². The zero-order chi connectivity index (χ0) is 19.2. The SMILES string of the molecule is COc1ccccc1CN=C1NC(=O)[C@H](CC(=O)Nc2ccc(F)cc2)S1. The van der Waals surface area contributed by atoms with Crippen LogP contribution in [-0.2, 0) is 16.1 Å². The lowest BCUT2D eigenvalue weighted by atomic mass is 10.2. The highest BCUT2D eigenvalue weighted by atomic mass is 32.2. The van der Waals surface area contributed by atoms with Crippen LogP contribution in [-0.4, -0.2) is 29.3 Å². The number of carbonyl (C=O) groups is 2. The summed E-state index contributed by atoms with van der Waals surface area (Å²) in [5.74, 6) is -0.228. The van der Waals surface area contributed by atoms with E-state index in [-0.39, 0.29) is 24.1 Å². The Morgan fingerprint density at radius 1 is 1.26 bits per heavy atom. The van der Waals surface area contributed by atoms with Gasteiger partial charge in [-0.1, -0.05) is 30.0 Å². The molecule has 1 heterocycles. The van der Waals surface area contributed by atoms with Gasteiger partial charge in [0, 0.05) is 17.7 Å². The van der Waals surface area contributed by atoms with Crippen molar-refractivity contribution in [2.75, 3.05) is 12.4 Å². The average Bonchev–Trinajstić information content (AvgIpc) is 3.01. The van der Waals surface area contributed by atoms with Gasteiger partial charge in [-0.2, -0.15) is 0 Å². The van der Waals surface area contributed by atoms with Crippen LogP contribution in [0.3, 0.4) is 0 Å². The maximum absolute atomic E-state index is 12.9. The highest BCUT2D eigenvalue weighted by Crippen LogP contribution is 2.25. The number of carbonyl (C=O) groups excluding carboxylic acids is 2. The van der Waals surface area contributed by atoms with Crippen LogP contribution in [0, 0.1) is 5.82 Å². The smallest absolute Gasteiger partial charge is 0.240 e. The molecule has 1 aliphatic heterocycles. The Bertz CT molecular complexity index is 871. The van der Waals surface area contributed by atoms with Crippen LogP contribution in [0.5, 0.6) is 5.75 Å². The molecule has 2 amide bonds. The fourth-order valence-corrected chi connectivity index (χ4v) is 3.49. The first kappa shape index (κ1) is 18.9. The Morgan fingerprint density at radius 2 is 2.00 bits per heavy atom. The Labute approximate surface area is 160 Å². The summed E-state index contributed by atoms with van der Waals surface area (Å²) in [7, 11) is 1.59. The summed E-state index contributed by atoms with van der Waals surface area (Å²) in [6.45, 7) is 0.362. The van der Waals surface area contributed by atoms with E-state index in [1.54, 1.807) is 7.11 Å². The molecule has 2 aromatic rings. The number of aliphatic imine (C=N–C) groups is 1. The second-order valence-corrected chi connectivity index (χ2v) is 6.98. The number of halogens is 1. The van der Waals surface area contributed by atoms with Gasteiger partial charge in [0.25, 0.3) is 0 Å². The van der Waals surface area contributed by atoms with Crippen LogP contribution in [0.1, 0.15) is 12.0 Å². The van der Waals surface area contributed by atoms with Gasteiger partial charge >= 0.3 is 0 Å². The Kier molecular flexibility index (Phi) is 6.08. The third kappa shape index (κ3) is 5.07. The monoisotopic (exact) mass is 387 g/mol. The first-order valence-electron chi connectivity index (χ1n) is 8.24. The molecule has 8 heteroatoms. The summed E-state index contributed by atoms with van der Waals surface area (Å²) in [5.41, 5.74) is 1.38. The molecule has 0 aromatic heterocycles. The zero-order valence-corrected chi connectivity index (χ0v) is 15.4. The van der Waals surface area contributed by atoms with Gasteiger partial charge in [0.15, 0.2) is 5.17 Å². The first-order chi connectivity index (χ1) is 13.0. The van der Waals surface area contributed by atoms with Gasteiger partial charge in [0.05, 0.1) is 13.7 Å². The van der Waals surface area contributed by atoms with Gasteiger partial charge in [-0.3, -0.25) is 14.6 Å². The van der Waals surface area contributed by atoms with E-state index in [1.807, 2.05) is 24.3 Å². The maximum Gasteiger partial charge on any atom is 0.240 e. The lowest BCUT2D eigenvalue weighted by Gasteiger charge is -2.07. The summed E-state index contributed by atoms with van der Waals surface area (Å²) in [4.78, 5) is 28.6. The van der Waals surface area contributed by atoms with Crippen molar-refractivity contribution in [2.24, 2.45) is 4.99 Å². The largest absolute Gasteiger partial charge is 0.496 e. The van der Waals surface area contributed by atoms with Gasteiger partial charge in [-0.15, -0.1) is 0 Å². The topological polar surface area (TPSA) is 79.8 Å².